The van der Waals surface area contributed by atoms with Gasteiger partial charge in [0.2, 0.25) is 0 Å². The Balaban J connectivity index is 2.18. The third-order valence-corrected chi connectivity index (χ3v) is 4.55. The summed E-state index contributed by atoms with van der Waals surface area (Å²) in [5.74, 6) is 0. The average Bonchev–Trinajstić information content (AvgIpc) is 2.75. The minimum absolute atomic E-state index is 0.388. The molecule has 17 heavy (non-hydrogen) atoms. The summed E-state index contributed by atoms with van der Waals surface area (Å²) in [4.78, 5) is 0. The van der Waals surface area contributed by atoms with Crippen LogP contribution in [0, 0.1) is 6.92 Å². The van der Waals surface area contributed by atoms with Gasteiger partial charge in [0.1, 0.15) is 0 Å². The van der Waals surface area contributed by atoms with Crippen molar-refractivity contribution in [2.24, 2.45) is 0 Å². The molecule has 0 bridgehead atoms. The maximum absolute atomic E-state index is 3.52. The van der Waals surface area contributed by atoms with Gasteiger partial charge in [-0.3, -0.25) is 0 Å². The monoisotopic (exact) mass is 309 g/mol. The molecule has 0 spiro atoms. The molecule has 3 heteroatoms. The number of thiophene rings is 1. The molecule has 0 fully saturated rings. The van der Waals surface area contributed by atoms with Gasteiger partial charge in [-0.15, -0.1) is 11.3 Å². The molecule has 0 aliphatic rings. The van der Waals surface area contributed by atoms with E-state index in [9.17, 15) is 0 Å². The minimum Gasteiger partial charge on any atom is -0.313 e. The first-order valence-electron chi connectivity index (χ1n) is 5.66. The lowest BCUT2D eigenvalue weighted by Gasteiger charge is -2.16. The predicted octanol–water partition coefficient (Wildman–Crippen LogP) is 4.32. The Morgan fingerprint density at radius 2 is 2.12 bits per heavy atom. The van der Waals surface area contributed by atoms with Crippen molar-refractivity contribution in [2.75, 3.05) is 7.05 Å². The fourth-order valence-corrected chi connectivity index (χ4v) is 3.18. The van der Waals surface area contributed by atoms with Crippen molar-refractivity contribution in [1.29, 1.82) is 0 Å². The molecule has 2 rings (SSSR count). The number of halogens is 1. The van der Waals surface area contributed by atoms with Gasteiger partial charge in [0.15, 0.2) is 0 Å². The van der Waals surface area contributed by atoms with Gasteiger partial charge < -0.3 is 5.32 Å². The van der Waals surface area contributed by atoms with E-state index in [1.165, 1.54) is 20.5 Å². The molecule has 0 amide bonds. The van der Waals surface area contributed by atoms with Crippen molar-refractivity contribution in [3.8, 4) is 0 Å². The number of hydrogen-bond donors (Lipinski definition) is 1. The summed E-state index contributed by atoms with van der Waals surface area (Å²) < 4.78 is 1.19. The summed E-state index contributed by atoms with van der Waals surface area (Å²) >= 11 is 5.26. The maximum Gasteiger partial charge on any atom is 0.0701 e. The van der Waals surface area contributed by atoms with Crippen molar-refractivity contribution in [1.82, 2.24) is 5.32 Å². The highest BCUT2D eigenvalue weighted by Gasteiger charge is 2.12. The fraction of sp³-hybridized carbons (Fsp3) is 0.286. The van der Waals surface area contributed by atoms with E-state index in [0.717, 1.165) is 6.42 Å². The van der Waals surface area contributed by atoms with Crippen LogP contribution in [0.5, 0.6) is 0 Å². The molecular formula is C14H16BrNS. The molecule has 1 aromatic carbocycles. The molecular weight excluding hydrogens is 294 g/mol. The van der Waals surface area contributed by atoms with Crippen LogP contribution in [0.2, 0.25) is 0 Å². The van der Waals surface area contributed by atoms with E-state index in [0.29, 0.717) is 6.04 Å². The summed E-state index contributed by atoms with van der Waals surface area (Å²) in [6.45, 7) is 2.17. The summed E-state index contributed by atoms with van der Waals surface area (Å²) in [5.41, 5.74) is 4.13. The molecule has 1 unspecified atom stereocenters. The number of likely N-dealkylation sites (N-methyl/N-ethyl adjacent to an activating group) is 1. The van der Waals surface area contributed by atoms with Crippen LogP contribution in [0.3, 0.4) is 0 Å². The Morgan fingerprint density at radius 3 is 2.71 bits per heavy atom. The minimum atomic E-state index is 0.388. The standard InChI is InChI=1S/C14H16BrNS/c1-10-5-3-4-6-11(10)7-13(16-2)12-8-14(15)17-9-12/h3-6,8-9,13,16H,7H2,1-2H3. The number of benzene rings is 1. The van der Waals surface area contributed by atoms with E-state index in [1.807, 2.05) is 7.05 Å². The van der Waals surface area contributed by atoms with Gasteiger partial charge in [0.05, 0.1) is 3.79 Å². The van der Waals surface area contributed by atoms with Crippen molar-refractivity contribution in [3.05, 3.63) is 56.2 Å². The summed E-state index contributed by atoms with van der Waals surface area (Å²) in [5, 5.41) is 5.61. The molecule has 0 aliphatic carbocycles. The number of hydrogen-bond acceptors (Lipinski definition) is 2. The van der Waals surface area contributed by atoms with E-state index in [2.05, 4.69) is 63.9 Å². The quantitative estimate of drug-likeness (QED) is 0.886. The topological polar surface area (TPSA) is 12.0 Å². The van der Waals surface area contributed by atoms with E-state index in [-0.39, 0.29) is 0 Å². The molecule has 1 N–H and O–H groups in total. The second kappa shape index (κ2) is 5.80. The summed E-state index contributed by atoms with van der Waals surface area (Å²) in [6, 6.07) is 11.2. The Hall–Kier alpha value is -0.640. The van der Waals surface area contributed by atoms with E-state index in [1.54, 1.807) is 11.3 Å². The first-order chi connectivity index (χ1) is 8.20. The van der Waals surface area contributed by atoms with Crippen LogP contribution in [-0.2, 0) is 6.42 Å². The Labute approximate surface area is 115 Å². The zero-order valence-electron chi connectivity index (χ0n) is 10.0. The van der Waals surface area contributed by atoms with Crippen molar-refractivity contribution in [2.45, 2.75) is 19.4 Å². The van der Waals surface area contributed by atoms with Gasteiger partial charge in [-0.05, 0) is 64.5 Å². The highest BCUT2D eigenvalue weighted by atomic mass is 79.9. The number of rotatable bonds is 4. The summed E-state index contributed by atoms with van der Waals surface area (Å²) in [7, 11) is 2.02. The van der Waals surface area contributed by atoms with Crippen molar-refractivity contribution in [3.63, 3.8) is 0 Å². The van der Waals surface area contributed by atoms with Gasteiger partial charge >= 0.3 is 0 Å². The second-order valence-corrected chi connectivity index (χ2v) is 6.45. The predicted molar refractivity (Wildman–Crippen MR) is 78.7 cm³/mol. The molecule has 2 aromatic rings. The van der Waals surface area contributed by atoms with Gasteiger partial charge in [-0.1, -0.05) is 24.3 Å². The highest BCUT2D eigenvalue weighted by Crippen LogP contribution is 2.27. The molecule has 1 aromatic heterocycles. The fourth-order valence-electron chi connectivity index (χ4n) is 1.95. The molecule has 1 heterocycles. The Bertz CT molecular complexity index is 492. The lowest BCUT2D eigenvalue weighted by atomic mass is 9.98. The van der Waals surface area contributed by atoms with Crippen LogP contribution in [0.4, 0.5) is 0 Å². The van der Waals surface area contributed by atoms with Crippen LogP contribution >= 0.6 is 27.3 Å². The maximum atomic E-state index is 3.52. The Morgan fingerprint density at radius 1 is 1.35 bits per heavy atom. The van der Waals surface area contributed by atoms with Gasteiger partial charge in [-0.25, -0.2) is 0 Å². The largest absolute Gasteiger partial charge is 0.313 e. The van der Waals surface area contributed by atoms with Crippen LogP contribution in [0.25, 0.3) is 0 Å². The van der Waals surface area contributed by atoms with Crippen molar-refractivity contribution < 1.29 is 0 Å². The number of aryl methyl sites for hydroxylation is 1. The first-order valence-corrected chi connectivity index (χ1v) is 7.33. The van der Waals surface area contributed by atoms with Gasteiger partial charge in [0, 0.05) is 6.04 Å². The lowest BCUT2D eigenvalue weighted by molar-refractivity contribution is 0.592. The van der Waals surface area contributed by atoms with Crippen molar-refractivity contribution >= 4 is 27.3 Å². The number of nitrogens with one attached hydrogen (secondary N) is 1. The van der Waals surface area contributed by atoms with Gasteiger partial charge in [0.25, 0.3) is 0 Å². The highest BCUT2D eigenvalue weighted by molar-refractivity contribution is 9.11. The average molecular weight is 310 g/mol. The zero-order valence-corrected chi connectivity index (χ0v) is 12.4. The van der Waals surface area contributed by atoms with Crippen LogP contribution in [-0.4, -0.2) is 7.05 Å². The molecule has 1 atom stereocenters. The third-order valence-electron chi connectivity index (χ3n) is 3.02. The molecule has 1 nitrogen and oxygen atoms in total. The van der Waals surface area contributed by atoms with Crippen LogP contribution < -0.4 is 5.32 Å². The molecule has 0 aliphatic heterocycles. The van der Waals surface area contributed by atoms with Crippen LogP contribution in [0.1, 0.15) is 22.7 Å². The molecule has 0 radical (unpaired) electrons. The SMILES string of the molecule is CNC(Cc1ccccc1C)c1csc(Br)c1. The van der Waals surface area contributed by atoms with Gasteiger partial charge in [-0.2, -0.15) is 0 Å². The summed E-state index contributed by atoms with van der Waals surface area (Å²) in [6.07, 6.45) is 1.03. The normalized spacial score (nSPS) is 12.6. The van der Waals surface area contributed by atoms with Crippen LogP contribution in [0.15, 0.2) is 39.5 Å². The second-order valence-electron chi connectivity index (χ2n) is 4.16. The van der Waals surface area contributed by atoms with E-state index < -0.39 is 0 Å². The van der Waals surface area contributed by atoms with E-state index in [4.69, 9.17) is 0 Å². The first kappa shape index (κ1) is 12.8. The zero-order chi connectivity index (χ0) is 12.3. The molecule has 0 saturated carbocycles. The third kappa shape index (κ3) is 3.18. The molecule has 90 valence electrons. The molecule has 0 saturated heterocycles. The van der Waals surface area contributed by atoms with E-state index >= 15 is 0 Å². The lowest BCUT2D eigenvalue weighted by Crippen LogP contribution is -2.18. The smallest absolute Gasteiger partial charge is 0.0701 e. The Kier molecular flexibility index (Phi) is 4.37.